The second-order valence-electron chi connectivity index (χ2n) is 8.69. The molecule has 0 bridgehead atoms. The number of fused-ring (bicyclic) bond motifs is 1. The summed E-state index contributed by atoms with van der Waals surface area (Å²) < 4.78 is 5.36. The number of ether oxygens (including phenoxy) is 1. The zero-order valence-corrected chi connectivity index (χ0v) is 21.5. The summed E-state index contributed by atoms with van der Waals surface area (Å²) in [5.41, 5.74) is 5.30. The molecule has 2 heterocycles. The van der Waals surface area contributed by atoms with Crippen molar-refractivity contribution in [2.45, 2.75) is 24.7 Å². The number of aromatic nitrogens is 3. The Morgan fingerprint density at radius 1 is 1.03 bits per heavy atom. The summed E-state index contributed by atoms with van der Waals surface area (Å²) >= 11 is 8.35. The van der Waals surface area contributed by atoms with E-state index < -0.39 is 0 Å². The molecular formula is C27H28ClN5OS. The SMILES string of the molecule is COc1ccc(Cl)c(-c2cc(C)c3nc(Nc4ccc(SCCN5CCCC5)cc4)nnc3c2)c1. The lowest BCUT2D eigenvalue weighted by Gasteiger charge is -2.13. The van der Waals surface area contributed by atoms with Gasteiger partial charge in [0.25, 0.3) is 0 Å². The van der Waals surface area contributed by atoms with Gasteiger partial charge in [0.2, 0.25) is 5.95 Å². The Morgan fingerprint density at radius 2 is 1.83 bits per heavy atom. The lowest BCUT2D eigenvalue weighted by Crippen LogP contribution is -2.21. The highest BCUT2D eigenvalue weighted by atomic mass is 35.5. The molecule has 0 saturated carbocycles. The molecule has 5 rings (SSSR count). The van der Waals surface area contributed by atoms with E-state index in [-0.39, 0.29) is 0 Å². The summed E-state index contributed by atoms with van der Waals surface area (Å²) in [4.78, 5) is 8.54. The number of thioether (sulfide) groups is 1. The molecule has 4 aromatic rings. The summed E-state index contributed by atoms with van der Waals surface area (Å²) in [6.07, 6.45) is 2.68. The van der Waals surface area contributed by atoms with Crippen LogP contribution >= 0.6 is 23.4 Å². The summed E-state index contributed by atoms with van der Waals surface area (Å²) in [5.74, 6) is 2.34. The average molecular weight is 506 g/mol. The van der Waals surface area contributed by atoms with Gasteiger partial charge >= 0.3 is 0 Å². The first-order chi connectivity index (χ1) is 17.1. The van der Waals surface area contributed by atoms with E-state index in [4.69, 9.17) is 21.3 Å². The molecule has 0 aliphatic carbocycles. The Balaban J connectivity index is 1.29. The molecule has 0 unspecified atom stereocenters. The number of anilines is 2. The van der Waals surface area contributed by atoms with Gasteiger partial charge in [-0.2, -0.15) is 0 Å². The number of halogens is 1. The Bertz CT molecular complexity index is 1330. The molecular weight excluding hydrogens is 478 g/mol. The lowest BCUT2D eigenvalue weighted by molar-refractivity contribution is 0.362. The van der Waals surface area contributed by atoms with E-state index >= 15 is 0 Å². The van der Waals surface area contributed by atoms with Gasteiger partial charge in [-0.3, -0.25) is 0 Å². The van der Waals surface area contributed by atoms with Gasteiger partial charge in [-0.1, -0.05) is 11.6 Å². The van der Waals surface area contributed by atoms with Crippen molar-refractivity contribution >= 4 is 46.0 Å². The summed E-state index contributed by atoms with van der Waals surface area (Å²) in [7, 11) is 1.64. The molecule has 1 N–H and O–H groups in total. The average Bonchev–Trinajstić information content (AvgIpc) is 3.39. The largest absolute Gasteiger partial charge is 0.497 e. The molecule has 0 amide bonds. The van der Waals surface area contributed by atoms with Crippen molar-refractivity contribution < 1.29 is 4.74 Å². The Hall–Kier alpha value is -2.87. The predicted octanol–water partition coefficient (Wildman–Crippen LogP) is 6.59. The first kappa shape index (κ1) is 23.9. The zero-order chi connectivity index (χ0) is 24.2. The third kappa shape index (κ3) is 5.69. The van der Waals surface area contributed by atoms with Crippen LogP contribution in [0.3, 0.4) is 0 Å². The van der Waals surface area contributed by atoms with Crippen molar-refractivity contribution in [3.63, 3.8) is 0 Å². The van der Waals surface area contributed by atoms with Gasteiger partial charge < -0.3 is 15.0 Å². The first-order valence-electron chi connectivity index (χ1n) is 11.8. The second kappa shape index (κ2) is 10.8. The zero-order valence-electron chi connectivity index (χ0n) is 19.9. The standard InChI is InChI=1S/C27H28ClN5OS/c1-18-15-19(23-17-21(34-2)7-10-24(23)28)16-25-26(18)30-27(32-31-25)29-20-5-8-22(9-6-20)35-14-13-33-11-3-4-12-33/h5-10,15-17H,3-4,11-14H2,1-2H3,(H,29,30,32). The number of methoxy groups -OCH3 is 1. The van der Waals surface area contributed by atoms with Crippen LogP contribution < -0.4 is 10.1 Å². The fraction of sp³-hybridized carbons (Fsp3) is 0.296. The molecule has 180 valence electrons. The maximum Gasteiger partial charge on any atom is 0.247 e. The maximum absolute atomic E-state index is 6.45. The maximum atomic E-state index is 6.45. The molecule has 8 heteroatoms. The van der Waals surface area contributed by atoms with E-state index in [1.165, 1.54) is 30.8 Å². The van der Waals surface area contributed by atoms with E-state index in [0.717, 1.165) is 45.9 Å². The van der Waals surface area contributed by atoms with E-state index in [1.54, 1.807) is 7.11 Å². The highest BCUT2D eigenvalue weighted by Gasteiger charge is 2.12. The topological polar surface area (TPSA) is 63.2 Å². The van der Waals surface area contributed by atoms with Crippen LogP contribution in [-0.4, -0.2) is 52.6 Å². The predicted molar refractivity (Wildman–Crippen MR) is 145 cm³/mol. The molecule has 1 aliphatic heterocycles. The highest BCUT2D eigenvalue weighted by molar-refractivity contribution is 7.99. The van der Waals surface area contributed by atoms with Gasteiger partial charge in [-0.25, -0.2) is 4.98 Å². The summed E-state index contributed by atoms with van der Waals surface area (Å²) in [6.45, 7) is 5.68. The van der Waals surface area contributed by atoms with Crippen LogP contribution in [0.15, 0.2) is 59.5 Å². The third-order valence-electron chi connectivity index (χ3n) is 6.22. The second-order valence-corrected chi connectivity index (χ2v) is 10.3. The first-order valence-corrected chi connectivity index (χ1v) is 13.2. The molecule has 3 aromatic carbocycles. The van der Waals surface area contributed by atoms with E-state index in [0.29, 0.717) is 16.5 Å². The molecule has 0 radical (unpaired) electrons. The third-order valence-corrected chi connectivity index (χ3v) is 7.54. The van der Waals surface area contributed by atoms with Crippen LogP contribution in [0.4, 0.5) is 11.6 Å². The molecule has 35 heavy (non-hydrogen) atoms. The quantitative estimate of drug-likeness (QED) is 0.271. The van der Waals surface area contributed by atoms with E-state index in [1.807, 2.05) is 43.0 Å². The minimum atomic E-state index is 0.474. The molecule has 1 fully saturated rings. The van der Waals surface area contributed by atoms with Crippen molar-refractivity contribution in [3.8, 4) is 16.9 Å². The fourth-order valence-electron chi connectivity index (χ4n) is 4.34. The number of benzene rings is 3. The van der Waals surface area contributed by atoms with Crippen LogP contribution in [0.1, 0.15) is 18.4 Å². The van der Waals surface area contributed by atoms with Crippen molar-refractivity contribution in [3.05, 3.63) is 65.2 Å². The summed E-state index contributed by atoms with van der Waals surface area (Å²) in [5, 5.41) is 12.7. The smallest absolute Gasteiger partial charge is 0.247 e. The Kier molecular flexibility index (Phi) is 7.37. The van der Waals surface area contributed by atoms with Crippen molar-refractivity contribution in [1.82, 2.24) is 20.1 Å². The lowest BCUT2D eigenvalue weighted by atomic mass is 10.0. The monoisotopic (exact) mass is 505 g/mol. The van der Waals surface area contributed by atoms with Gasteiger partial charge in [-0.05, 0) is 98.6 Å². The number of aryl methyl sites for hydroxylation is 1. The number of likely N-dealkylation sites (tertiary alicyclic amines) is 1. The molecule has 0 atom stereocenters. The van der Waals surface area contributed by atoms with Crippen LogP contribution in [0.2, 0.25) is 5.02 Å². The molecule has 1 aromatic heterocycles. The highest BCUT2D eigenvalue weighted by Crippen LogP contribution is 2.34. The van der Waals surface area contributed by atoms with Gasteiger partial charge in [-0.15, -0.1) is 22.0 Å². The summed E-state index contributed by atoms with van der Waals surface area (Å²) in [6, 6.07) is 18.0. The van der Waals surface area contributed by atoms with Crippen LogP contribution in [0, 0.1) is 6.92 Å². The number of rotatable bonds is 8. The van der Waals surface area contributed by atoms with Crippen molar-refractivity contribution in [1.29, 1.82) is 0 Å². The van der Waals surface area contributed by atoms with E-state index in [2.05, 4.69) is 50.7 Å². The van der Waals surface area contributed by atoms with Gasteiger partial charge in [0.15, 0.2) is 0 Å². The van der Waals surface area contributed by atoms with Gasteiger partial charge in [0, 0.05) is 33.5 Å². The van der Waals surface area contributed by atoms with Crippen LogP contribution in [-0.2, 0) is 0 Å². The van der Waals surface area contributed by atoms with Gasteiger partial charge in [0.1, 0.15) is 11.3 Å². The molecule has 6 nitrogen and oxygen atoms in total. The minimum Gasteiger partial charge on any atom is -0.497 e. The molecule has 0 spiro atoms. The molecule has 1 aliphatic rings. The number of nitrogens with zero attached hydrogens (tertiary/aromatic N) is 4. The number of hydrogen-bond donors (Lipinski definition) is 1. The number of nitrogens with one attached hydrogen (secondary N) is 1. The van der Waals surface area contributed by atoms with Gasteiger partial charge in [0.05, 0.1) is 12.6 Å². The van der Waals surface area contributed by atoms with Crippen LogP contribution in [0.25, 0.3) is 22.2 Å². The normalized spacial score (nSPS) is 13.9. The Labute approximate surface area is 215 Å². The van der Waals surface area contributed by atoms with Crippen LogP contribution in [0.5, 0.6) is 5.75 Å². The number of hydrogen-bond acceptors (Lipinski definition) is 7. The molecule has 1 saturated heterocycles. The van der Waals surface area contributed by atoms with Crippen molar-refractivity contribution in [2.24, 2.45) is 0 Å². The fourth-order valence-corrected chi connectivity index (χ4v) is 5.48. The van der Waals surface area contributed by atoms with Crippen molar-refractivity contribution in [2.75, 3.05) is 37.8 Å². The minimum absolute atomic E-state index is 0.474. The van der Waals surface area contributed by atoms with E-state index in [9.17, 15) is 0 Å². The Morgan fingerprint density at radius 3 is 2.60 bits per heavy atom.